The van der Waals surface area contributed by atoms with E-state index in [2.05, 4.69) is 20.3 Å². The normalized spacial score (nSPS) is 30.1. The fourth-order valence-electron chi connectivity index (χ4n) is 5.95. The van der Waals surface area contributed by atoms with Crippen molar-refractivity contribution in [1.82, 2.24) is 15.0 Å². The second kappa shape index (κ2) is 10.4. The summed E-state index contributed by atoms with van der Waals surface area (Å²) in [6.45, 7) is -1.13. The largest absolute Gasteiger partial charge is 0.454 e. The van der Waals surface area contributed by atoms with Crippen molar-refractivity contribution in [3.63, 3.8) is 0 Å². The van der Waals surface area contributed by atoms with Crippen LogP contribution in [0.25, 0.3) is 0 Å². The van der Waals surface area contributed by atoms with Gasteiger partial charge in [0.05, 0.1) is 5.92 Å². The summed E-state index contributed by atoms with van der Waals surface area (Å²) in [5.41, 5.74) is 0. The number of alkyl halides is 6. The van der Waals surface area contributed by atoms with Gasteiger partial charge in [-0.05, 0) is 68.6 Å². The van der Waals surface area contributed by atoms with Gasteiger partial charge in [0.1, 0.15) is 5.82 Å². The van der Waals surface area contributed by atoms with Crippen molar-refractivity contribution in [2.45, 2.75) is 83.0 Å². The summed E-state index contributed by atoms with van der Waals surface area (Å²) in [4.78, 5) is 12.5. The number of nitrogens with one attached hydrogen (secondary N) is 1. The molecule has 3 saturated carbocycles. The van der Waals surface area contributed by atoms with Crippen LogP contribution in [0.15, 0.2) is 0 Å². The molecule has 0 aromatic carbocycles. The van der Waals surface area contributed by atoms with Crippen LogP contribution in [0.1, 0.15) is 70.0 Å². The van der Waals surface area contributed by atoms with E-state index in [4.69, 9.17) is 4.74 Å². The van der Waals surface area contributed by atoms with E-state index in [0.29, 0.717) is 43.5 Å². The minimum atomic E-state index is -4.52. The maximum atomic E-state index is 12.9. The van der Waals surface area contributed by atoms with Gasteiger partial charge in [0.15, 0.2) is 6.61 Å². The van der Waals surface area contributed by atoms with Crippen molar-refractivity contribution in [2.75, 3.05) is 18.5 Å². The van der Waals surface area contributed by atoms with Crippen molar-refractivity contribution < 1.29 is 31.1 Å². The molecule has 192 valence electrons. The molecule has 34 heavy (non-hydrogen) atoms. The van der Waals surface area contributed by atoms with Crippen LogP contribution < -0.4 is 10.1 Å². The third-order valence-corrected chi connectivity index (χ3v) is 7.75. The summed E-state index contributed by atoms with van der Waals surface area (Å²) in [5.74, 6) is 1.17. The summed E-state index contributed by atoms with van der Waals surface area (Å²) in [6, 6.07) is -0.375. The molecule has 0 saturated heterocycles. The molecular formula is C23H32F6N4O. The Hall–Kier alpha value is -1.81. The van der Waals surface area contributed by atoms with E-state index in [0.717, 1.165) is 18.8 Å². The van der Waals surface area contributed by atoms with Crippen molar-refractivity contribution in [3.05, 3.63) is 5.82 Å². The molecule has 5 nitrogen and oxygen atoms in total. The van der Waals surface area contributed by atoms with Crippen molar-refractivity contribution in [3.8, 4) is 6.01 Å². The summed E-state index contributed by atoms with van der Waals surface area (Å²) in [7, 11) is 0. The predicted molar refractivity (Wildman–Crippen MR) is 113 cm³/mol. The summed E-state index contributed by atoms with van der Waals surface area (Å²) < 4.78 is 81.4. The highest BCUT2D eigenvalue weighted by Crippen LogP contribution is 2.45. The van der Waals surface area contributed by atoms with Gasteiger partial charge in [0.2, 0.25) is 5.95 Å². The molecule has 0 bridgehead atoms. The number of halogens is 6. The van der Waals surface area contributed by atoms with Gasteiger partial charge in [0, 0.05) is 13.0 Å². The lowest BCUT2D eigenvalue weighted by atomic mass is 9.75. The number of ether oxygens (including phenoxy) is 1. The number of anilines is 1. The molecule has 3 unspecified atom stereocenters. The van der Waals surface area contributed by atoms with Gasteiger partial charge in [-0.1, -0.05) is 19.3 Å². The average molecular weight is 495 g/mol. The van der Waals surface area contributed by atoms with Crippen molar-refractivity contribution in [1.29, 1.82) is 0 Å². The fraction of sp³-hybridized carbons (Fsp3) is 0.870. The second-order valence-corrected chi connectivity index (χ2v) is 10.2. The van der Waals surface area contributed by atoms with Gasteiger partial charge in [-0.3, -0.25) is 0 Å². The summed E-state index contributed by atoms with van der Waals surface area (Å²) in [6.07, 6.45) is 0.00230. The van der Waals surface area contributed by atoms with Crippen molar-refractivity contribution >= 4 is 5.95 Å². The van der Waals surface area contributed by atoms with Crippen LogP contribution in [0.5, 0.6) is 6.01 Å². The molecule has 11 heteroatoms. The van der Waals surface area contributed by atoms with E-state index in [1.54, 1.807) is 0 Å². The minimum Gasteiger partial charge on any atom is -0.454 e. The van der Waals surface area contributed by atoms with Crippen LogP contribution in [-0.4, -0.2) is 40.5 Å². The number of hydrogen-bond acceptors (Lipinski definition) is 5. The van der Waals surface area contributed by atoms with Gasteiger partial charge in [-0.2, -0.15) is 41.3 Å². The van der Waals surface area contributed by atoms with Crippen LogP contribution in [-0.2, 0) is 6.42 Å². The Balaban J connectivity index is 1.38. The van der Waals surface area contributed by atoms with Gasteiger partial charge < -0.3 is 10.1 Å². The summed E-state index contributed by atoms with van der Waals surface area (Å²) >= 11 is 0. The highest BCUT2D eigenvalue weighted by Gasteiger charge is 2.41. The average Bonchev–Trinajstić information content (AvgIpc) is 3.23. The van der Waals surface area contributed by atoms with Gasteiger partial charge in [-0.15, -0.1) is 0 Å². The maximum absolute atomic E-state index is 12.9. The zero-order valence-electron chi connectivity index (χ0n) is 19.1. The molecule has 1 N–H and O–H groups in total. The molecule has 4 rings (SSSR count). The first kappa shape index (κ1) is 25.3. The predicted octanol–water partition coefficient (Wildman–Crippen LogP) is 6.35. The number of hydrogen-bond donors (Lipinski definition) is 1. The summed E-state index contributed by atoms with van der Waals surface area (Å²) in [5, 5.41) is 3.02. The lowest BCUT2D eigenvalue weighted by Gasteiger charge is -2.31. The molecule has 1 aromatic heterocycles. The van der Waals surface area contributed by atoms with E-state index in [-0.39, 0.29) is 30.7 Å². The van der Waals surface area contributed by atoms with E-state index < -0.39 is 24.9 Å². The maximum Gasteiger partial charge on any atom is 0.422 e. The molecule has 3 aliphatic carbocycles. The Labute approximate surface area is 195 Å². The minimum absolute atomic E-state index is 0.0241. The van der Waals surface area contributed by atoms with E-state index >= 15 is 0 Å². The van der Waals surface area contributed by atoms with Gasteiger partial charge >= 0.3 is 18.4 Å². The Morgan fingerprint density at radius 3 is 2.21 bits per heavy atom. The van der Waals surface area contributed by atoms with Crippen LogP contribution >= 0.6 is 0 Å². The van der Waals surface area contributed by atoms with Crippen LogP contribution in [0.2, 0.25) is 0 Å². The van der Waals surface area contributed by atoms with Crippen molar-refractivity contribution in [2.24, 2.45) is 29.6 Å². The van der Waals surface area contributed by atoms with Gasteiger partial charge in [0.25, 0.3) is 0 Å². The standard InChI is InChI=1S/C23H32F6N4O/c24-22(25,26)13-34-21-32-19(11-15-4-7-16-2-1-3-17(16)10-15)31-20(33-21)30-12-14-5-8-18(9-6-14)23(27,28)29/h14-18H,1-13H2,(H,30,31,32,33). The van der Waals surface area contributed by atoms with E-state index in [9.17, 15) is 26.3 Å². The first-order valence-corrected chi connectivity index (χ1v) is 12.3. The Morgan fingerprint density at radius 2 is 1.50 bits per heavy atom. The topological polar surface area (TPSA) is 59.9 Å². The highest BCUT2D eigenvalue weighted by atomic mass is 19.4. The zero-order chi connectivity index (χ0) is 24.3. The van der Waals surface area contributed by atoms with E-state index in [1.165, 1.54) is 25.7 Å². The molecule has 3 atom stereocenters. The quantitative estimate of drug-likeness (QED) is 0.448. The lowest BCUT2D eigenvalue weighted by Crippen LogP contribution is -2.30. The monoisotopic (exact) mass is 494 g/mol. The molecule has 3 aliphatic rings. The molecule has 1 aromatic rings. The number of rotatable bonds is 7. The molecular weight excluding hydrogens is 462 g/mol. The molecule has 0 amide bonds. The molecule has 0 aliphatic heterocycles. The molecule has 0 spiro atoms. The Kier molecular flexibility index (Phi) is 7.76. The third kappa shape index (κ3) is 7.10. The highest BCUT2D eigenvalue weighted by molar-refractivity contribution is 5.26. The molecule has 1 heterocycles. The SMILES string of the molecule is FC(F)(F)COc1nc(CC2CCC3CCCC3C2)nc(NCC2CCC(C(F)(F)F)CC2)n1. The second-order valence-electron chi connectivity index (χ2n) is 10.2. The van der Waals surface area contributed by atoms with Crippen LogP contribution in [0, 0.1) is 29.6 Å². The fourth-order valence-corrected chi connectivity index (χ4v) is 5.95. The molecule has 0 radical (unpaired) electrons. The number of nitrogens with zero attached hydrogens (tertiary/aromatic N) is 3. The zero-order valence-corrected chi connectivity index (χ0v) is 19.1. The van der Waals surface area contributed by atoms with Crippen LogP contribution in [0.3, 0.4) is 0 Å². The van der Waals surface area contributed by atoms with E-state index in [1.807, 2.05) is 0 Å². The smallest absolute Gasteiger partial charge is 0.422 e. The van der Waals surface area contributed by atoms with Gasteiger partial charge in [-0.25, -0.2) is 0 Å². The molecule has 3 fully saturated rings. The number of fused-ring (bicyclic) bond motifs is 1. The third-order valence-electron chi connectivity index (χ3n) is 7.75. The first-order valence-electron chi connectivity index (χ1n) is 12.3. The van der Waals surface area contributed by atoms with Crippen LogP contribution in [0.4, 0.5) is 32.3 Å². The number of aromatic nitrogens is 3. The Morgan fingerprint density at radius 1 is 0.794 bits per heavy atom. The first-order chi connectivity index (χ1) is 16.0. The lowest BCUT2D eigenvalue weighted by molar-refractivity contribution is -0.183. The Bertz CT molecular complexity index is 810.